The summed E-state index contributed by atoms with van der Waals surface area (Å²) in [6.45, 7) is 22.1. The highest BCUT2D eigenvalue weighted by molar-refractivity contribution is 5.87. The van der Waals surface area contributed by atoms with E-state index in [9.17, 15) is 0 Å². The van der Waals surface area contributed by atoms with Crippen LogP contribution in [0.3, 0.4) is 0 Å². The zero-order valence-corrected chi connectivity index (χ0v) is 28.7. The van der Waals surface area contributed by atoms with Gasteiger partial charge in [0.15, 0.2) is 0 Å². The Morgan fingerprint density at radius 1 is 0.711 bits per heavy atom. The van der Waals surface area contributed by atoms with Crippen LogP contribution in [0.4, 0.5) is 17.1 Å². The molecule has 0 spiro atoms. The molecule has 0 unspecified atom stereocenters. The van der Waals surface area contributed by atoms with Gasteiger partial charge in [0, 0.05) is 43.2 Å². The Hall–Kier alpha value is -3.60. The number of quaternary nitrogens is 1. The van der Waals surface area contributed by atoms with E-state index in [2.05, 4.69) is 147 Å². The first-order valence-electron chi connectivity index (χ1n) is 17.6. The summed E-state index contributed by atoms with van der Waals surface area (Å²) in [4.78, 5) is 9.13. The molecule has 45 heavy (non-hydrogen) atoms. The molecule has 0 amide bonds. The van der Waals surface area contributed by atoms with Crippen LogP contribution in [-0.2, 0) is 12.8 Å². The van der Waals surface area contributed by atoms with Crippen molar-refractivity contribution in [1.29, 1.82) is 0 Å². The van der Waals surface area contributed by atoms with Gasteiger partial charge >= 0.3 is 0 Å². The summed E-state index contributed by atoms with van der Waals surface area (Å²) in [6.07, 6.45) is 11.7. The minimum atomic E-state index is 0.431. The van der Waals surface area contributed by atoms with Crippen LogP contribution in [0.5, 0.6) is 0 Å². The number of anilines is 3. The molecule has 2 aliphatic rings. The van der Waals surface area contributed by atoms with Crippen LogP contribution in [0, 0.1) is 0 Å². The van der Waals surface area contributed by atoms with Gasteiger partial charge in [0.25, 0.3) is 0 Å². The molecule has 1 N–H and O–H groups in total. The molecule has 4 nitrogen and oxygen atoms in total. The zero-order chi connectivity index (χ0) is 31.8. The first-order valence-corrected chi connectivity index (χ1v) is 17.6. The first-order chi connectivity index (χ1) is 22.0. The Morgan fingerprint density at radius 3 is 1.98 bits per heavy atom. The molecule has 238 valence electrons. The number of hydrogen-bond donors (Lipinski definition) is 1. The predicted octanol–water partition coefficient (Wildman–Crippen LogP) is 7.33. The molecular weight excluding hydrogens is 548 g/mol. The lowest BCUT2D eigenvalue weighted by Gasteiger charge is -2.30. The Labute approximate surface area is 273 Å². The van der Waals surface area contributed by atoms with E-state index >= 15 is 0 Å². The number of likely N-dealkylation sites (N-methyl/N-ethyl adjacent to an activating group) is 2. The van der Waals surface area contributed by atoms with Crippen molar-refractivity contribution in [1.82, 2.24) is 4.90 Å². The summed E-state index contributed by atoms with van der Waals surface area (Å²) in [5.74, 6) is 0. The van der Waals surface area contributed by atoms with E-state index in [1.165, 1.54) is 50.5 Å². The van der Waals surface area contributed by atoms with Crippen molar-refractivity contribution in [2.75, 3.05) is 62.2 Å². The number of benzene rings is 3. The third-order valence-electron chi connectivity index (χ3n) is 10.1. The van der Waals surface area contributed by atoms with Crippen molar-refractivity contribution in [3.8, 4) is 0 Å². The van der Waals surface area contributed by atoms with Gasteiger partial charge in [-0.25, -0.2) is 0 Å². The van der Waals surface area contributed by atoms with Gasteiger partial charge in [0.1, 0.15) is 6.04 Å². The number of nitrogens with zero attached hydrogens (tertiary/aromatic N) is 3. The van der Waals surface area contributed by atoms with Crippen molar-refractivity contribution >= 4 is 22.6 Å². The average Bonchev–Trinajstić information content (AvgIpc) is 3.24. The summed E-state index contributed by atoms with van der Waals surface area (Å²) in [5.41, 5.74) is 12.1. The maximum absolute atomic E-state index is 2.59. The summed E-state index contributed by atoms with van der Waals surface area (Å²) < 4.78 is 0. The fourth-order valence-corrected chi connectivity index (χ4v) is 7.23. The van der Waals surface area contributed by atoms with Crippen LogP contribution in [0.25, 0.3) is 5.57 Å². The van der Waals surface area contributed by atoms with Gasteiger partial charge in [0.2, 0.25) is 0 Å². The van der Waals surface area contributed by atoms with Crippen LogP contribution < -0.4 is 14.7 Å². The third kappa shape index (κ3) is 7.29. The molecule has 3 aromatic rings. The van der Waals surface area contributed by atoms with Crippen molar-refractivity contribution < 1.29 is 4.90 Å². The lowest BCUT2D eigenvalue weighted by molar-refractivity contribution is -0.908. The van der Waals surface area contributed by atoms with Crippen molar-refractivity contribution in [3.05, 3.63) is 119 Å². The normalized spacial score (nSPS) is 15.8. The average molecular weight is 604 g/mol. The fourth-order valence-electron chi connectivity index (χ4n) is 7.23. The topological polar surface area (TPSA) is 14.2 Å². The van der Waals surface area contributed by atoms with E-state index in [0.717, 1.165) is 65.2 Å². The van der Waals surface area contributed by atoms with Crippen LogP contribution in [0.15, 0.2) is 96.6 Å². The zero-order valence-electron chi connectivity index (χ0n) is 28.7. The van der Waals surface area contributed by atoms with Crippen molar-refractivity contribution in [3.63, 3.8) is 0 Å². The largest absolute Gasteiger partial charge is 0.372 e. The van der Waals surface area contributed by atoms with Gasteiger partial charge < -0.3 is 19.6 Å². The number of nitrogens with one attached hydrogen (secondary N) is 1. The molecule has 0 bridgehead atoms. The quantitative estimate of drug-likeness (QED) is 0.220. The predicted molar refractivity (Wildman–Crippen MR) is 195 cm³/mol. The summed E-state index contributed by atoms with van der Waals surface area (Å²) in [5, 5.41) is 0. The van der Waals surface area contributed by atoms with E-state index in [1.807, 2.05) is 0 Å². The highest BCUT2D eigenvalue weighted by atomic mass is 15.2. The maximum Gasteiger partial charge on any atom is 0.125 e. The van der Waals surface area contributed by atoms with E-state index in [-0.39, 0.29) is 0 Å². The summed E-state index contributed by atoms with van der Waals surface area (Å²) in [6, 6.07) is 26.0. The van der Waals surface area contributed by atoms with Crippen LogP contribution in [0.2, 0.25) is 0 Å². The third-order valence-corrected chi connectivity index (χ3v) is 10.1. The summed E-state index contributed by atoms with van der Waals surface area (Å²) in [7, 11) is 0. The molecule has 5 rings (SSSR count). The number of allylic oxidation sites excluding steroid dienone is 3. The molecule has 0 saturated carbocycles. The van der Waals surface area contributed by atoms with Crippen LogP contribution >= 0.6 is 0 Å². The smallest absolute Gasteiger partial charge is 0.125 e. The van der Waals surface area contributed by atoms with E-state index in [4.69, 9.17) is 0 Å². The monoisotopic (exact) mass is 603 g/mol. The SMILES string of the molecule is CCN(CC)CCN1c2ccccc2CCc2cc(C(=C3C=CC([NH+](CC)CC)C=C3)c3ccc(N(CC)CC)cc3)ccc21. The number of rotatable bonds is 13. The molecule has 1 aliphatic heterocycles. The molecule has 0 radical (unpaired) electrons. The van der Waals surface area contributed by atoms with Gasteiger partial charge in [-0.3, -0.25) is 0 Å². The van der Waals surface area contributed by atoms with Crippen LogP contribution in [0.1, 0.15) is 63.8 Å². The lowest BCUT2D eigenvalue weighted by atomic mass is 9.88. The maximum atomic E-state index is 2.59. The Kier molecular flexibility index (Phi) is 11.4. The standard InChI is InChI=1S/C41H54N4/c1-7-42(8-2)29-30-45-39-16-14-13-15-32(39)17-18-35-31-36(23-28-40(35)45)41(33-19-24-37(25-20-33)43(9-3)10-4)34-21-26-38(27-22-34)44(11-5)12-6/h13-16,19-28,31,37H,7-12,17-18,29-30H2,1-6H3/p+1. The van der Waals surface area contributed by atoms with Crippen molar-refractivity contribution in [2.24, 2.45) is 0 Å². The first kappa shape index (κ1) is 32.8. The van der Waals surface area contributed by atoms with Gasteiger partial charge in [-0.15, -0.1) is 0 Å². The number of fused-ring (bicyclic) bond motifs is 2. The highest BCUT2D eigenvalue weighted by Crippen LogP contribution is 2.39. The van der Waals surface area contributed by atoms with E-state index < -0.39 is 0 Å². The molecule has 0 saturated heterocycles. The molecule has 4 heteroatoms. The molecule has 0 atom stereocenters. The molecule has 1 heterocycles. The lowest BCUT2D eigenvalue weighted by Crippen LogP contribution is -3.14. The molecule has 3 aromatic carbocycles. The Morgan fingerprint density at radius 2 is 1.33 bits per heavy atom. The highest BCUT2D eigenvalue weighted by Gasteiger charge is 2.23. The Bertz CT molecular complexity index is 1470. The van der Waals surface area contributed by atoms with Gasteiger partial charge in [0.05, 0.1) is 13.1 Å². The van der Waals surface area contributed by atoms with E-state index in [0.29, 0.717) is 6.04 Å². The number of aryl methyl sites for hydroxylation is 2. The minimum absolute atomic E-state index is 0.431. The second kappa shape index (κ2) is 15.6. The second-order valence-electron chi connectivity index (χ2n) is 12.3. The minimum Gasteiger partial charge on any atom is -0.372 e. The van der Waals surface area contributed by atoms with E-state index in [1.54, 1.807) is 4.90 Å². The number of hydrogen-bond acceptors (Lipinski definition) is 3. The van der Waals surface area contributed by atoms with Crippen LogP contribution in [-0.4, -0.2) is 63.3 Å². The number of para-hydroxylation sites is 1. The van der Waals surface area contributed by atoms with Crippen molar-refractivity contribution in [2.45, 2.75) is 60.4 Å². The Balaban J connectivity index is 1.58. The molecule has 1 aliphatic carbocycles. The second-order valence-corrected chi connectivity index (χ2v) is 12.3. The summed E-state index contributed by atoms with van der Waals surface area (Å²) >= 11 is 0. The van der Waals surface area contributed by atoms with Gasteiger partial charge in [-0.2, -0.15) is 0 Å². The van der Waals surface area contributed by atoms with Gasteiger partial charge in [-0.1, -0.05) is 62.4 Å². The fraction of sp³-hybridized carbons (Fsp3) is 0.415. The molecule has 0 aromatic heterocycles. The molecular formula is C41H55N4+. The molecule has 0 fully saturated rings. The van der Waals surface area contributed by atoms with Gasteiger partial charge in [-0.05, 0) is 130 Å².